The summed E-state index contributed by atoms with van der Waals surface area (Å²) in [6.07, 6.45) is 1.60. The Balaban J connectivity index is 3.20. The highest BCUT2D eigenvalue weighted by Gasteiger charge is 2.16. The fourth-order valence-electron chi connectivity index (χ4n) is 1.17. The molecule has 5 heteroatoms. The van der Waals surface area contributed by atoms with E-state index in [2.05, 4.69) is 22.0 Å². The van der Waals surface area contributed by atoms with Crippen LogP contribution in [0.2, 0.25) is 0 Å². The summed E-state index contributed by atoms with van der Waals surface area (Å²) in [7, 11) is 1.56. The smallest absolute Gasteiger partial charge is 0.273 e. The van der Waals surface area contributed by atoms with E-state index in [4.69, 9.17) is 0 Å². The Morgan fingerprint density at radius 1 is 1.71 bits per heavy atom. The standard InChI is InChI=1S/C9H14N4O/c1-6(2)13-5-12-7(8(13)10-3)9(14)11-4/h5-6H,3H2,1-2,4H3,(H,11,14). The minimum absolute atomic E-state index is 0.210. The molecule has 0 bridgehead atoms. The lowest BCUT2D eigenvalue weighted by Gasteiger charge is -2.08. The van der Waals surface area contributed by atoms with Gasteiger partial charge in [0.1, 0.15) is 0 Å². The van der Waals surface area contributed by atoms with Gasteiger partial charge in [-0.1, -0.05) is 0 Å². The summed E-state index contributed by atoms with van der Waals surface area (Å²) in [5.74, 6) is 0.270. The molecule has 0 fully saturated rings. The van der Waals surface area contributed by atoms with E-state index < -0.39 is 0 Å². The van der Waals surface area contributed by atoms with Crippen LogP contribution < -0.4 is 5.32 Å². The SMILES string of the molecule is C=Nc1c(C(=O)NC)ncn1C(C)C. The van der Waals surface area contributed by atoms with Crippen LogP contribution in [0, 0.1) is 0 Å². The summed E-state index contributed by atoms with van der Waals surface area (Å²) >= 11 is 0. The maximum atomic E-state index is 11.4. The number of nitrogens with one attached hydrogen (secondary N) is 1. The van der Waals surface area contributed by atoms with Crippen molar-refractivity contribution in [3.8, 4) is 0 Å². The summed E-state index contributed by atoms with van der Waals surface area (Å²) in [6.45, 7) is 7.41. The van der Waals surface area contributed by atoms with Gasteiger partial charge in [-0.25, -0.2) is 9.98 Å². The van der Waals surface area contributed by atoms with E-state index in [0.717, 1.165) is 0 Å². The van der Waals surface area contributed by atoms with Crippen LogP contribution >= 0.6 is 0 Å². The third kappa shape index (κ3) is 1.66. The number of carbonyl (C=O) groups excluding carboxylic acids is 1. The van der Waals surface area contributed by atoms with Crippen LogP contribution in [-0.2, 0) is 0 Å². The first-order valence-electron chi connectivity index (χ1n) is 4.37. The van der Waals surface area contributed by atoms with E-state index in [9.17, 15) is 4.79 Å². The highest BCUT2D eigenvalue weighted by molar-refractivity contribution is 5.96. The lowest BCUT2D eigenvalue weighted by Crippen LogP contribution is -2.18. The average molecular weight is 194 g/mol. The molecule has 14 heavy (non-hydrogen) atoms. The quantitative estimate of drug-likeness (QED) is 0.734. The van der Waals surface area contributed by atoms with Crippen molar-refractivity contribution in [1.82, 2.24) is 14.9 Å². The van der Waals surface area contributed by atoms with Crippen molar-refractivity contribution in [2.24, 2.45) is 4.99 Å². The number of amides is 1. The Hall–Kier alpha value is -1.65. The van der Waals surface area contributed by atoms with E-state index in [1.165, 1.54) is 0 Å². The molecule has 1 N–H and O–H groups in total. The lowest BCUT2D eigenvalue weighted by atomic mass is 10.3. The third-order valence-corrected chi connectivity index (χ3v) is 1.92. The second-order valence-corrected chi connectivity index (χ2v) is 3.16. The van der Waals surface area contributed by atoms with Crippen LogP contribution in [0.3, 0.4) is 0 Å². The van der Waals surface area contributed by atoms with Gasteiger partial charge in [-0.3, -0.25) is 4.79 Å². The van der Waals surface area contributed by atoms with Gasteiger partial charge in [0.2, 0.25) is 0 Å². The summed E-state index contributed by atoms with van der Waals surface area (Å²) in [5.41, 5.74) is 0.316. The number of aromatic nitrogens is 2. The molecule has 76 valence electrons. The zero-order valence-electron chi connectivity index (χ0n) is 8.61. The fraction of sp³-hybridized carbons (Fsp3) is 0.444. The van der Waals surface area contributed by atoms with Crippen molar-refractivity contribution >= 4 is 18.4 Å². The molecule has 1 amide bonds. The average Bonchev–Trinajstić information content (AvgIpc) is 2.59. The molecule has 5 nitrogen and oxygen atoms in total. The fourth-order valence-corrected chi connectivity index (χ4v) is 1.17. The molecule has 1 rings (SSSR count). The van der Waals surface area contributed by atoms with Gasteiger partial charge in [0.05, 0.1) is 6.33 Å². The highest BCUT2D eigenvalue weighted by Crippen LogP contribution is 2.21. The number of aliphatic imine (C=N–C) groups is 1. The van der Waals surface area contributed by atoms with E-state index in [0.29, 0.717) is 11.5 Å². The Morgan fingerprint density at radius 2 is 2.36 bits per heavy atom. The molecule has 0 radical (unpaired) electrons. The maximum Gasteiger partial charge on any atom is 0.273 e. The molecule has 1 aromatic rings. The van der Waals surface area contributed by atoms with E-state index in [1.807, 2.05) is 13.8 Å². The predicted molar refractivity (Wildman–Crippen MR) is 55.2 cm³/mol. The van der Waals surface area contributed by atoms with Crippen molar-refractivity contribution in [3.63, 3.8) is 0 Å². The monoisotopic (exact) mass is 194 g/mol. The second-order valence-electron chi connectivity index (χ2n) is 3.16. The van der Waals surface area contributed by atoms with Crippen molar-refractivity contribution < 1.29 is 4.79 Å². The number of carbonyl (C=O) groups is 1. The zero-order valence-corrected chi connectivity index (χ0v) is 8.61. The molecule has 0 saturated carbocycles. The first-order valence-corrected chi connectivity index (χ1v) is 4.37. The minimum Gasteiger partial charge on any atom is -0.354 e. The third-order valence-electron chi connectivity index (χ3n) is 1.92. The van der Waals surface area contributed by atoms with Crippen molar-refractivity contribution in [3.05, 3.63) is 12.0 Å². The van der Waals surface area contributed by atoms with E-state index in [1.54, 1.807) is 17.9 Å². The van der Waals surface area contributed by atoms with Gasteiger partial charge in [0, 0.05) is 13.1 Å². The molecule has 0 aliphatic heterocycles. The summed E-state index contributed by atoms with van der Waals surface area (Å²) < 4.78 is 1.80. The Labute approximate surface area is 82.9 Å². The van der Waals surface area contributed by atoms with Gasteiger partial charge in [-0.15, -0.1) is 0 Å². The normalized spacial score (nSPS) is 10.3. The molecule has 1 heterocycles. The Morgan fingerprint density at radius 3 is 2.79 bits per heavy atom. The molecule has 0 saturated heterocycles. The first kappa shape index (κ1) is 10.4. The molecule has 0 unspecified atom stereocenters. The van der Waals surface area contributed by atoms with Crippen molar-refractivity contribution in [1.29, 1.82) is 0 Å². The van der Waals surface area contributed by atoms with Gasteiger partial charge >= 0.3 is 0 Å². The molecule has 0 aliphatic carbocycles. The minimum atomic E-state index is -0.244. The number of nitrogens with zero attached hydrogens (tertiary/aromatic N) is 3. The molecule has 0 aromatic carbocycles. The predicted octanol–water partition coefficient (Wildman–Crippen LogP) is 1.16. The van der Waals surface area contributed by atoms with Crippen molar-refractivity contribution in [2.75, 3.05) is 7.05 Å². The number of hydrogen-bond acceptors (Lipinski definition) is 3. The molecule has 1 aromatic heterocycles. The summed E-state index contributed by atoms with van der Waals surface area (Å²) in [5, 5.41) is 2.51. The van der Waals surface area contributed by atoms with E-state index in [-0.39, 0.29) is 11.9 Å². The van der Waals surface area contributed by atoms with E-state index >= 15 is 0 Å². The van der Waals surface area contributed by atoms with Gasteiger partial charge in [0.25, 0.3) is 5.91 Å². The number of hydrogen-bond donors (Lipinski definition) is 1. The van der Waals surface area contributed by atoms with Crippen LogP contribution in [-0.4, -0.2) is 29.2 Å². The molecular weight excluding hydrogens is 180 g/mol. The molecule has 0 atom stereocenters. The zero-order chi connectivity index (χ0) is 10.7. The summed E-state index contributed by atoms with van der Waals surface area (Å²) in [6, 6.07) is 0.210. The topological polar surface area (TPSA) is 59.3 Å². The largest absolute Gasteiger partial charge is 0.354 e. The Bertz CT molecular complexity index is 354. The van der Waals surface area contributed by atoms with Crippen molar-refractivity contribution in [2.45, 2.75) is 19.9 Å². The maximum absolute atomic E-state index is 11.4. The van der Waals surface area contributed by atoms with Crippen LogP contribution in [0.25, 0.3) is 0 Å². The molecule has 0 aliphatic rings. The van der Waals surface area contributed by atoms with Gasteiger partial charge in [0.15, 0.2) is 11.5 Å². The van der Waals surface area contributed by atoms with Crippen LogP contribution in [0.4, 0.5) is 5.82 Å². The lowest BCUT2D eigenvalue weighted by molar-refractivity contribution is 0.0959. The van der Waals surface area contributed by atoms with Gasteiger partial charge in [-0.05, 0) is 20.6 Å². The first-order chi connectivity index (χ1) is 6.61. The van der Waals surface area contributed by atoms with Crippen LogP contribution in [0.1, 0.15) is 30.4 Å². The van der Waals surface area contributed by atoms with Crippen LogP contribution in [0.5, 0.6) is 0 Å². The number of imidazole rings is 1. The van der Waals surface area contributed by atoms with Crippen LogP contribution in [0.15, 0.2) is 11.3 Å². The second kappa shape index (κ2) is 4.04. The molecular formula is C9H14N4O. The molecule has 0 spiro atoms. The Kier molecular flexibility index (Phi) is 3.01. The number of rotatable bonds is 3. The van der Waals surface area contributed by atoms with Gasteiger partial charge in [-0.2, -0.15) is 0 Å². The summed E-state index contributed by atoms with van der Waals surface area (Å²) in [4.78, 5) is 19.2. The van der Waals surface area contributed by atoms with Gasteiger partial charge < -0.3 is 9.88 Å². The highest BCUT2D eigenvalue weighted by atomic mass is 16.1.